The Bertz CT molecular complexity index is 1200. The average molecular weight is 585 g/mol. The van der Waals surface area contributed by atoms with Gasteiger partial charge in [-0.1, -0.05) is 56.5 Å². The van der Waals surface area contributed by atoms with E-state index in [4.69, 9.17) is 21.1 Å². The van der Waals surface area contributed by atoms with E-state index >= 15 is 0 Å². The van der Waals surface area contributed by atoms with Gasteiger partial charge in [-0.05, 0) is 42.9 Å². The van der Waals surface area contributed by atoms with Crippen LogP contribution in [0.3, 0.4) is 0 Å². The van der Waals surface area contributed by atoms with Crippen molar-refractivity contribution in [1.29, 1.82) is 0 Å². The van der Waals surface area contributed by atoms with Crippen LogP contribution in [0.5, 0.6) is 0 Å². The Morgan fingerprint density at radius 2 is 1.93 bits per heavy atom. The molecule has 1 aromatic rings. The predicted octanol–water partition coefficient (Wildman–Crippen LogP) is 3.09. The summed E-state index contributed by atoms with van der Waals surface area (Å²) in [6, 6.07) is 6.18. The van der Waals surface area contributed by atoms with Gasteiger partial charge in [0.15, 0.2) is 0 Å². The number of fused-ring (bicyclic) bond motifs is 1. The number of hydrogen-bond acceptors (Lipinski definition) is 6. The van der Waals surface area contributed by atoms with Gasteiger partial charge in [0.2, 0.25) is 17.7 Å². The minimum Gasteiger partial charge on any atom is -0.379 e. The molecule has 2 N–H and O–H groups in total. The van der Waals surface area contributed by atoms with Crippen LogP contribution >= 0.6 is 11.6 Å². The summed E-state index contributed by atoms with van der Waals surface area (Å²) in [5, 5.41) is 6.77. The van der Waals surface area contributed by atoms with Crippen LogP contribution in [0, 0.1) is 23.7 Å². The second kappa shape index (κ2) is 11.7. The molecule has 4 heterocycles. The molecule has 3 saturated heterocycles. The first-order valence-corrected chi connectivity index (χ1v) is 15.5. The van der Waals surface area contributed by atoms with Crippen molar-refractivity contribution in [2.45, 2.75) is 63.3 Å². The summed E-state index contributed by atoms with van der Waals surface area (Å²) in [7, 11) is 0. The van der Waals surface area contributed by atoms with Crippen molar-refractivity contribution in [3.63, 3.8) is 0 Å². The molecule has 4 fully saturated rings. The van der Waals surface area contributed by atoms with Crippen molar-refractivity contribution in [1.82, 2.24) is 15.1 Å². The second-order valence-electron chi connectivity index (χ2n) is 12.4. The summed E-state index contributed by atoms with van der Waals surface area (Å²) >= 11 is 6.14. The van der Waals surface area contributed by atoms with Gasteiger partial charge in [-0.3, -0.25) is 19.3 Å². The first-order chi connectivity index (χ1) is 19.8. The van der Waals surface area contributed by atoms with E-state index in [1.165, 1.54) is 0 Å². The zero-order valence-electron chi connectivity index (χ0n) is 23.9. The number of anilines is 1. The van der Waals surface area contributed by atoms with E-state index < -0.39 is 29.6 Å². The van der Waals surface area contributed by atoms with Crippen LogP contribution in [0.15, 0.2) is 36.4 Å². The largest absolute Gasteiger partial charge is 0.379 e. The van der Waals surface area contributed by atoms with E-state index in [2.05, 4.69) is 29.4 Å². The summed E-state index contributed by atoms with van der Waals surface area (Å²) in [5.41, 5.74) is -0.601. The van der Waals surface area contributed by atoms with Gasteiger partial charge < -0.3 is 25.0 Å². The summed E-state index contributed by atoms with van der Waals surface area (Å²) in [5.74, 6) is -1.30. The van der Waals surface area contributed by atoms with Crippen LogP contribution in [0.25, 0.3) is 0 Å². The Labute approximate surface area is 246 Å². The quantitative estimate of drug-likeness (QED) is 0.456. The Hall–Kier alpha value is -2.46. The highest BCUT2D eigenvalue weighted by Crippen LogP contribution is 2.55. The summed E-state index contributed by atoms with van der Waals surface area (Å²) < 4.78 is 12.0. The van der Waals surface area contributed by atoms with Gasteiger partial charge >= 0.3 is 0 Å². The summed E-state index contributed by atoms with van der Waals surface area (Å²) in [6.07, 6.45) is 7.05. The van der Waals surface area contributed by atoms with E-state index in [1.54, 1.807) is 29.2 Å². The van der Waals surface area contributed by atoms with E-state index in [9.17, 15) is 14.4 Å². The highest BCUT2D eigenvalue weighted by Gasteiger charge is 2.72. The lowest BCUT2D eigenvalue weighted by molar-refractivity contribution is -0.141. The molecule has 4 aliphatic heterocycles. The molecule has 6 rings (SSSR count). The molecule has 10 heteroatoms. The van der Waals surface area contributed by atoms with Gasteiger partial charge in [0.05, 0.1) is 31.2 Å². The van der Waals surface area contributed by atoms with Crippen LogP contribution in [-0.4, -0.2) is 90.7 Å². The van der Waals surface area contributed by atoms with Crippen LogP contribution in [0.1, 0.15) is 39.5 Å². The number of morpholine rings is 1. The Morgan fingerprint density at radius 1 is 1.12 bits per heavy atom. The van der Waals surface area contributed by atoms with Gasteiger partial charge in [-0.25, -0.2) is 0 Å². The first kappa shape index (κ1) is 28.6. The molecule has 5 aliphatic rings. The van der Waals surface area contributed by atoms with Crippen LogP contribution in [0.2, 0.25) is 5.02 Å². The molecule has 9 nitrogen and oxygen atoms in total. The standard InChI is InChI=1S/C31H41ClN4O5/c1-19-6-3-9-23(20(19)2)34-29(38)27-31-11-10-24(41-31)25(28(37)33-22-8-4-7-21(32)18-22)26(31)30(39)36(27)13-5-12-35-14-16-40-17-15-35/h4,7-8,10-11,18-20,23-27H,3,5-6,9,12-17H2,1-2H3,(H,33,37)(H,34,38)/t19?,20?,23?,24-,25?,26-,27?,31?/m0/s1. The predicted molar refractivity (Wildman–Crippen MR) is 155 cm³/mol. The third kappa shape index (κ3) is 5.31. The normalized spacial score (nSPS) is 36.4. The number of ether oxygens (including phenoxy) is 2. The Morgan fingerprint density at radius 3 is 2.71 bits per heavy atom. The first-order valence-electron chi connectivity index (χ1n) is 15.1. The molecule has 1 aliphatic carbocycles. The molecule has 0 radical (unpaired) electrons. The molecule has 0 aromatic heterocycles. The number of carbonyl (C=O) groups is 3. The molecule has 41 heavy (non-hydrogen) atoms. The lowest BCUT2D eigenvalue weighted by Gasteiger charge is -2.38. The number of benzene rings is 1. The lowest BCUT2D eigenvalue weighted by atomic mass is 9.73. The number of nitrogens with one attached hydrogen (secondary N) is 2. The number of nitrogens with zero attached hydrogens (tertiary/aromatic N) is 2. The molecular weight excluding hydrogens is 544 g/mol. The number of hydrogen-bond donors (Lipinski definition) is 2. The Balaban J connectivity index is 1.25. The van der Waals surface area contributed by atoms with Crippen molar-refractivity contribution >= 4 is 35.0 Å². The van der Waals surface area contributed by atoms with Gasteiger partial charge in [-0.15, -0.1) is 0 Å². The maximum atomic E-state index is 14.2. The van der Waals surface area contributed by atoms with Crippen molar-refractivity contribution in [2.75, 3.05) is 44.7 Å². The van der Waals surface area contributed by atoms with Crippen molar-refractivity contribution in [3.8, 4) is 0 Å². The van der Waals surface area contributed by atoms with Crippen LogP contribution < -0.4 is 10.6 Å². The maximum Gasteiger partial charge on any atom is 0.246 e. The lowest BCUT2D eigenvalue weighted by Crippen LogP contribution is -2.58. The maximum absolute atomic E-state index is 14.2. The van der Waals surface area contributed by atoms with E-state index in [1.807, 2.05) is 12.2 Å². The molecule has 1 aromatic carbocycles. The minimum absolute atomic E-state index is 0.0523. The zero-order valence-corrected chi connectivity index (χ0v) is 24.6. The third-order valence-corrected chi connectivity index (χ3v) is 10.3. The number of rotatable bonds is 8. The molecule has 222 valence electrons. The minimum atomic E-state index is -1.16. The Kier molecular flexibility index (Phi) is 8.15. The number of halogens is 1. The molecular formula is C31H41ClN4O5. The second-order valence-corrected chi connectivity index (χ2v) is 12.9. The van der Waals surface area contributed by atoms with E-state index in [-0.39, 0.29) is 23.8 Å². The highest BCUT2D eigenvalue weighted by molar-refractivity contribution is 6.30. The molecule has 1 spiro atoms. The number of amides is 3. The highest BCUT2D eigenvalue weighted by atomic mass is 35.5. The SMILES string of the molecule is CC1CCCC(NC(=O)C2N(CCCN3CCOCC3)C(=O)[C@@H]3C(C(=O)Nc4cccc(Cl)c4)[C@@H]4C=CC23O4)C1C. The molecule has 2 bridgehead atoms. The molecule has 3 amide bonds. The monoisotopic (exact) mass is 584 g/mol. The van der Waals surface area contributed by atoms with E-state index in [0.29, 0.717) is 42.3 Å². The average Bonchev–Trinajstić information content (AvgIpc) is 3.59. The molecule has 8 atom stereocenters. The number of likely N-dealkylation sites (tertiary alicyclic amines) is 1. The van der Waals surface area contributed by atoms with Gasteiger partial charge in [-0.2, -0.15) is 0 Å². The summed E-state index contributed by atoms with van der Waals surface area (Å²) in [4.78, 5) is 46.0. The zero-order chi connectivity index (χ0) is 28.7. The van der Waals surface area contributed by atoms with Crippen LogP contribution in [-0.2, 0) is 23.9 Å². The van der Waals surface area contributed by atoms with E-state index in [0.717, 1.165) is 45.3 Å². The molecule has 6 unspecified atom stereocenters. The fourth-order valence-corrected chi connectivity index (χ4v) is 7.83. The third-order valence-electron chi connectivity index (χ3n) is 10.0. The van der Waals surface area contributed by atoms with Gasteiger partial charge in [0.1, 0.15) is 11.6 Å². The summed E-state index contributed by atoms with van der Waals surface area (Å²) in [6.45, 7) is 8.82. The number of carbonyl (C=O) groups excluding carboxylic acids is 3. The fraction of sp³-hybridized carbons (Fsp3) is 0.645. The molecule has 1 saturated carbocycles. The topological polar surface area (TPSA) is 100 Å². The fourth-order valence-electron chi connectivity index (χ4n) is 7.64. The van der Waals surface area contributed by atoms with Gasteiger partial charge in [0, 0.05) is 42.9 Å². The van der Waals surface area contributed by atoms with Crippen molar-refractivity contribution < 1.29 is 23.9 Å². The van der Waals surface area contributed by atoms with Crippen molar-refractivity contribution in [3.05, 3.63) is 41.4 Å². The smallest absolute Gasteiger partial charge is 0.246 e. The van der Waals surface area contributed by atoms with Crippen molar-refractivity contribution in [2.24, 2.45) is 23.7 Å². The van der Waals surface area contributed by atoms with Crippen LogP contribution in [0.4, 0.5) is 5.69 Å². The van der Waals surface area contributed by atoms with Gasteiger partial charge in [0.25, 0.3) is 0 Å².